The van der Waals surface area contributed by atoms with Crippen LogP contribution in [0.1, 0.15) is 18.4 Å². The Morgan fingerprint density at radius 1 is 1.14 bits per heavy atom. The summed E-state index contributed by atoms with van der Waals surface area (Å²) in [6.45, 7) is 0.703. The van der Waals surface area contributed by atoms with Gasteiger partial charge >= 0.3 is 12.4 Å². The molecule has 2 rings (SSSR count). The summed E-state index contributed by atoms with van der Waals surface area (Å²) in [6, 6.07) is 4.65. The average Bonchev–Trinajstić information content (AvgIpc) is 2.66. The fourth-order valence-corrected chi connectivity index (χ4v) is 2.81. The zero-order chi connectivity index (χ0) is 21.5. The number of likely N-dealkylation sites (tertiary alicyclic amines) is 1. The summed E-state index contributed by atoms with van der Waals surface area (Å²) < 4.78 is 59.7. The van der Waals surface area contributed by atoms with E-state index in [2.05, 4.69) is 15.4 Å². The minimum absolute atomic E-state index is 0.0678. The van der Waals surface area contributed by atoms with Gasteiger partial charge in [-0.15, -0.1) is 13.2 Å². The third-order valence-electron chi connectivity index (χ3n) is 4.44. The van der Waals surface area contributed by atoms with Gasteiger partial charge in [0.05, 0.1) is 6.61 Å². The van der Waals surface area contributed by atoms with Crippen molar-refractivity contribution in [3.05, 3.63) is 29.8 Å². The molecule has 3 amide bonds. The molecular formula is C18H23F4N3O4. The van der Waals surface area contributed by atoms with Crippen molar-refractivity contribution in [1.82, 2.24) is 15.5 Å². The quantitative estimate of drug-likeness (QED) is 0.523. The molecule has 0 spiro atoms. The van der Waals surface area contributed by atoms with E-state index in [1.165, 1.54) is 24.1 Å². The molecule has 1 saturated heterocycles. The first-order chi connectivity index (χ1) is 13.6. The van der Waals surface area contributed by atoms with E-state index < -0.39 is 24.0 Å². The molecule has 0 saturated carbocycles. The molecule has 0 radical (unpaired) electrons. The van der Waals surface area contributed by atoms with Crippen molar-refractivity contribution in [2.24, 2.45) is 0 Å². The van der Waals surface area contributed by atoms with E-state index in [9.17, 15) is 27.2 Å². The van der Waals surface area contributed by atoms with Gasteiger partial charge in [-0.3, -0.25) is 4.79 Å². The smallest absolute Gasteiger partial charge is 0.406 e. The number of nitrogens with zero attached hydrogens (tertiary/aromatic N) is 1. The second-order valence-corrected chi connectivity index (χ2v) is 6.55. The molecule has 1 aliphatic rings. The highest BCUT2D eigenvalue weighted by molar-refractivity contribution is 5.85. The van der Waals surface area contributed by atoms with Crippen LogP contribution in [-0.2, 0) is 16.1 Å². The summed E-state index contributed by atoms with van der Waals surface area (Å²) in [6.07, 6.45) is -5.01. The second kappa shape index (κ2) is 9.77. The minimum atomic E-state index is -4.77. The Labute approximate surface area is 165 Å². The number of piperidine rings is 1. The number of carbonyl (C=O) groups is 2. The van der Waals surface area contributed by atoms with Crippen LogP contribution in [0.15, 0.2) is 24.3 Å². The lowest BCUT2D eigenvalue weighted by molar-refractivity contribution is -0.274. The topological polar surface area (TPSA) is 79.9 Å². The van der Waals surface area contributed by atoms with Crippen molar-refractivity contribution in [1.29, 1.82) is 0 Å². The van der Waals surface area contributed by atoms with Gasteiger partial charge in [0.25, 0.3) is 5.91 Å². The Morgan fingerprint density at radius 2 is 1.76 bits per heavy atom. The van der Waals surface area contributed by atoms with Crippen LogP contribution in [0, 0.1) is 0 Å². The Bertz CT molecular complexity index is 689. The van der Waals surface area contributed by atoms with Gasteiger partial charge < -0.3 is 25.0 Å². The van der Waals surface area contributed by atoms with Gasteiger partial charge in [-0.25, -0.2) is 9.18 Å². The summed E-state index contributed by atoms with van der Waals surface area (Å²) in [5, 5.41) is 5.08. The molecular weight excluding hydrogens is 398 g/mol. The maximum atomic E-state index is 14.7. The summed E-state index contributed by atoms with van der Waals surface area (Å²) >= 11 is 0. The molecule has 2 N–H and O–H groups in total. The van der Waals surface area contributed by atoms with Crippen molar-refractivity contribution < 1.29 is 36.6 Å². The van der Waals surface area contributed by atoms with Gasteiger partial charge in [0.1, 0.15) is 5.75 Å². The number of carbonyl (C=O) groups excluding carboxylic acids is 2. The highest BCUT2D eigenvalue weighted by Gasteiger charge is 2.42. The lowest BCUT2D eigenvalue weighted by atomic mass is 9.92. The standard InChI is InChI=1S/C18H23F4N3O4/c1-28-11-8-23-15(26)17(19)6-9-25(10-7-17)16(27)24-12-13-2-4-14(5-3-13)29-18(20,21)22/h2-5H,6-12H2,1H3,(H,23,26)(H,24,27). The largest absolute Gasteiger partial charge is 0.573 e. The molecule has 1 heterocycles. The molecule has 1 fully saturated rings. The van der Waals surface area contributed by atoms with Crippen LogP contribution in [0.5, 0.6) is 5.75 Å². The Balaban J connectivity index is 1.77. The predicted molar refractivity (Wildman–Crippen MR) is 94.9 cm³/mol. The number of benzene rings is 1. The van der Waals surface area contributed by atoms with E-state index in [0.29, 0.717) is 5.56 Å². The molecule has 29 heavy (non-hydrogen) atoms. The molecule has 162 valence electrons. The number of amides is 3. The van der Waals surface area contributed by atoms with Crippen LogP contribution in [-0.4, -0.2) is 62.2 Å². The fourth-order valence-electron chi connectivity index (χ4n) is 2.81. The lowest BCUT2D eigenvalue weighted by Crippen LogP contribution is -2.54. The lowest BCUT2D eigenvalue weighted by Gasteiger charge is -2.35. The minimum Gasteiger partial charge on any atom is -0.406 e. The predicted octanol–water partition coefficient (Wildman–Crippen LogP) is 2.36. The number of urea groups is 1. The van der Waals surface area contributed by atoms with Crippen molar-refractivity contribution in [2.75, 3.05) is 33.4 Å². The maximum absolute atomic E-state index is 14.7. The van der Waals surface area contributed by atoms with Crippen LogP contribution in [0.3, 0.4) is 0 Å². The number of nitrogens with one attached hydrogen (secondary N) is 2. The van der Waals surface area contributed by atoms with Crippen molar-refractivity contribution in [2.45, 2.75) is 31.4 Å². The molecule has 0 aliphatic carbocycles. The van der Waals surface area contributed by atoms with Crippen LogP contribution in [0.2, 0.25) is 0 Å². The summed E-state index contributed by atoms with van der Waals surface area (Å²) in [5.41, 5.74) is -1.46. The number of ether oxygens (including phenoxy) is 2. The monoisotopic (exact) mass is 421 g/mol. The third kappa shape index (κ3) is 7.08. The number of halogens is 4. The first-order valence-electron chi connectivity index (χ1n) is 8.96. The summed E-state index contributed by atoms with van der Waals surface area (Å²) in [7, 11) is 1.47. The summed E-state index contributed by atoms with van der Waals surface area (Å²) in [5.74, 6) is -1.07. The van der Waals surface area contributed by atoms with Crippen LogP contribution < -0.4 is 15.4 Å². The second-order valence-electron chi connectivity index (χ2n) is 6.55. The molecule has 1 aliphatic heterocycles. The Morgan fingerprint density at radius 3 is 2.31 bits per heavy atom. The van der Waals surface area contributed by atoms with Gasteiger partial charge in [0.15, 0.2) is 5.67 Å². The zero-order valence-electron chi connectivity index (χ0n) is 15.9. The van der Waals surface area contributed by atoms with Gasteiger partial charge in [-0.05, 0) is 17.7 Å². The van der Waals surface area contributed by atoms with Gasteiger partial charge in [-0.2, -0.15) is 0 Å². The number of hydrogen-bond acceptors (Lipinski definition) is 4. The molecule has 0 unspecified atom stereocenters. The molecule has 0 atom stereocenters. The number of rotatable bonds is 7. The van der Waals surface area contributed by atoms with E-state index in [4.69, 9.17) is 4.74 Å². The highest BCUT2D eigenvalue weighted by Crippen LogP contribution is 2.27. The first kappa shape index (κ1) is 22.7. The molecule has 1 aromatic rings. The van der Waals surface area contributed by atoms with Crippen LogP contribution >= 0.6 is 0 Å². The van der Waals surface area contributed by atoms with E-state index in [-0.39, 0.29) is 51.4 Å². The van der Waals surface area contributed by atoms with Gasteiger partial charge in [0, 0.05) is 46.1 Å². The van der Waals surface area contributed by atoms with Crippen LogP contribution in [0.4, 0.5) is 22.4 Å². The number of methoxy groups -OCH3 is 1. The van der Waals surface area contributed by atoms with Gasteiger partial charge in [-0.1, -0.05) is 12.1 Å². The zero-order valence-corrected chi connectivity index (χ0v) is 15.9. The normalized spacial score (nSPS) is 16.2. The molecule has 7 nitrogen and oxygen atoms in total. The summed E-state index contributed by atoms with van der Waals surface area (Å²) in [4.78, 5) is 25.6. The Hall–Kier alpha value is -2.56. The van der Waals surface area contributed by atoms with E-state index in [1.807, 2.05) is 0 Å². The fraction of sp³-hybridized carbons (Fsp3) is 0.556. The average molecular weight is 421 g/mol. The third-order valence-corrected chi connectivity index (χ3v) is 4.44. The Kier molecular flexibility index (Phi) is 7.66. The molecule has 0 aromatic heterocycles. The number of hydrogen-bond donors (Lipinski definition) is 2. The van der Waals surface area contributed by atoms with Crippen LogP contribution in [0.25, 0.3) is 0 Å². The van der Waals surface area contributed by atoms with Gasteiger partial charge in [0.2, 0.25) is 0 Å². The van der Waals surface area contributed by atoms with Crippen molar-refractivity contribution in [3.8, 4) is 5.75 Å². The van der Waals surface area contributed by atoms with E-state index in [0.717, 1.165) is 12.1 Å². The maximum Gasteiger partial charge on any atom is 0.573 e. The molecule has 0 bridgehead atoms. The van der Waals surface area contributed by atoms with Crippen molar-refractivity contribution in [3.63, 3.8) is 0 Å². The van der Waals surface area contributed by atoms with Crippen molar-refractivity contribution >= 4 is 11.9 Å². The molecule has 1 aromatic carbocycles. The first-order valence-corrected chi connectivity index (χ1v) is 8.96. The highest BCUT2D eigenvalue weighted by atomic mass is 19.4. The SMILES string of the molecule is COCCNC(=O)C1(F)CCN(C(=O)NCc2ccc(OC(F)(F)F)cc2)CC1. The molecule has 11 heteroatoms. The number of alkyl halides is 4. The van der Waals surface area contributed by atoms with E-state index >= 15 is 0 Å². The van der Waals surface area contributed by atoms with E-state index in [1.54, 1.807) is 0 Å².